The smallest absolute Gasteiger partial charge is 0.242 e. The molecule has 1 aromatic heterocycles. The van der Waals surface area contributed by atoms with E-state index < -0.39 is 15.8 Å². The first-order valence-corrected chi connectivity index (χ1v) is 10.5. The lowest BCUT2D eigenvalue weighted by molar-refractivity contribution is -0.121. The van der Waals surface area contributed by atoms with Crippen LogP contribution in [0, 0.1) is 5.82 Å². The lowest BCUT2D eigenvalue weighted by Crippen LogP contribution is -2.30. The van der Waals surface area contributed by atoms with Gasteiger partial charge < -0.3 is 9.88 Å². The first kappa shape index (κ1) is 21.0. The zero-order chi connectivity index (χ0) is 20.9. The van der Waals surface area contributed by atoms with Gasteiger partial charge in [-0.1, -0.05) is 29.8 Å². The molecule has 0 unspecified atom stereocenters. The normalized spacial score (nSPS) is 11.4. The molecule has 2 N–H and O–H groups in total. The largest absolute Gasteiger partial charge is 0.352 e. The lowest BCUT2D eigenvalue weighted by atomic mass is 10.2. The first-order valence-electron chi connectivity index (χ1n) is 8.64. The summed E-state index contributed by atoms with van der Waals surface area (Å²) >= 11 is 5.89. The lowest BCUT2D eigenvalue weighted by Gasteiger charge is -2.10. The van der Waals surface area contributed by atoms with Crippen LogP contribution in [0.4, 0.5) is 4.39 Å². The third-order valence-electron chi connectivity index (χ3n) is 4.05. The maximum absolute atomic E-state index is 14.2. The minimum atomic E-state index is -3.80. The number of imidazole rings is 1. The molecule has 152 valence electrons. The van der Waals surface area contributed by atoms with Crippen molar-refractivity contribution in [3.05, 3.63) is 77.6 Å². The predicted molar refractivity (Wildman–Crippen MR) is 107 cm³/mol. The molecule has 3 rings (SSSR count). The molecule has 0 aliphatic carbocycles. The zero-order valence-corrected chi connectivity index (χ0v) is 16.8. The van der Waals surface area contributed by atoms with E-state index in [9.17, 15) is 17.6 Å². The minimum Gasteiger partial charge on any atom is -0.352 e. The van der Waals surface area contributed by atoms with Crippen LogP contribution in [-0.4, -0.2) is 30.4 Å². The second-order valence-electron chi connectivity index (χ2n) is 6.11. The second-order valence-corrected chi connectivity index (χ2v) is 8.25. The highest BCUT2D eigenvalue weighted by Crippen LogP contribution is 2.20. The first-order chi connectivity index (χ1) is 13.9. The van der Waals surface area contributed by atoms with E-state index in [2.05, 4.69) is 15.0 Å². The van der Waals surface area contributed by atoms with Gasteiger partial charge in [0, 0.05) is 31.9 Å². The number of carbonyl (C=O) groups excluding carboxylic acids is 1. The van der Waals surface area contributed by atoms with Crippen LogP contribution in [0.15, 0.2) is 66.1 Å². The summed E-state index contributed by atoms with van der Waals surface area (Å²) in [7, 11) is -3.80. The van der Waals surface area contributed by atoms with E-state index in [0.717, 1.165) is 0 Å². The third kappa shape index (κ3) is 5.41. The number of hydrogen-bond donors (Lipinski definition) is 2. The van der Waals surface area contributed by atoms with Crippen LogP contribution in [0.5, 0.6) is 0 Å². The quantitative estimate of drug-likeness (QED) is 0.567. The van der Waals surface area contributed by atoms with Crippen molar-refractivity contribution < 1.29 is 17.6 Å². The Balaban J connectivity index is 1.49. The van der Waals surface area contributed by atoms with Crippen LogP contribution < -0.4 is 10.0 Å². The Morgan fingerprint density at radius 1 is 1.21 bits per heavy atom. The van der Waals surface area contributed by atoms with Crippen molar-refractivity contribution in [3.8, 4) is 5.69 Å². The maximum Gasteiger partial charge on any atom is 0.242 e. The molecule has 29 heavy (non-hydrogen) atoms. The van der Waals surface area contributed by atoms with Gasteiger partial charge in [0.2, 0.25) is 15.9 Å². The van der Waals surface area contributed by atoms with Gasteiger partial charge in [-0.3, -0.25) is 4.79 Å². The fraction of sp³-hybridized carbons (Fsp3) is 0.158. The molecule has 1 heterocycles. The summed E-state index contributed by atoms with van der Waals surface area (Å²) in [5, 5.41) is 2.73. The van der Waals surface area contributed by atoms with Crippen LogP contribution >= 0.6 is 11.6 Å². The summed E-state index contributed by atoms with van der Waals surface area (Å²) in [5.74, 6) is -0.812. The molecule has 7 nitrogen and oxygen atoms in total. The molecule has 0 saturated carbocycles. The number of benzene rings is 2. The van der Waals surface area contributed by atoms with Crippen LogP contribution in [0.3, 0.4) is 0 Å². The topological polar surface area (TPSA) is 93.1 Å². The van der Waals surface area contributed by atoms with E-state index in [1.807, 2.05) is 0 Å². The van der Waals surface area contributed by atoms with E-state index in [1.165, 1.54) is 24.5 Å². The van der Waals surface area contributed by atoms with Crippen LogP contribution in [0.1, 0.15) is 12.0 Å². The molecule has 0 saturated heterocycles. The molecule has 10 heteroatoms. The monoisotopic (exact) mass is 436 g/mol. The molecule has 2 aromatic carbocycles. The van der Waals surface area contributed by atoms with E-state index in [4.69, 9.17) is 11.6 Å². The van der Waals surface area contributed by atoms with Crippen molar-refractivity contribution in [2.75, 3.05) is 6.54 Å². The van der Waals surface area contributed by atoms with Crippen LogP contribution in [0.2, 0.25) is 5.02 Å². The van der Waals surface area contributed by atoms with Gasteiger partial charge in [0.1, 0.15) is 10.7 Å². The van der Waals surface area contributed by atoms with Crippen molar-refractivity contribution in [2.24, 2.45) is 0 Å². The van der Waals surface area contributed by atoms with Gasteiger partial charge in [0.15, 0.2) is 0 Å². The number of rotatable bonds is 8. The average Bonchev–Trinajstić information content (AvgIpc) is 3.21. The van der Waals surface area contributed by atoms with Gasteiger partial charge in [0.25, 0.3) is 0 Å². The summed E-state index contributed by atoms with van der Waals surface area (Å²) in [6, 6.07) is 10.7. The van der Waals surface area contributed by atoms with Gasteiger partial charge in [-0.15, -0.1) is 0 Å². The molecule has 0 aliphatic heterocycles. The predicted octanol–water partition coefficient (Wildman–Crippen LogP) is 2.65. The number of sulfonamides is 1. The highest BCUT2D eigenvalue weighted by molar-refractivity contribution is 7.89. The fourth-order valence-electron chi connectivity index (χ4n) is 2.60. The Kier molecular flexibility index (Phi) is 6.63. The summed E-state index contributed by atoms with van der Waals surface area (Å²) in [6.07, 6.45) is 4.60. The van der Waals surface area contributed by atoms with Crippen molar-refractivity contribution in [2.45, 2.75) is 17.9 Å². The van der Waals surface area contributed by atoms with Crippen LogP contribution in [0.25, 0.3) is 5.69 Å². The van der Waals surface area contributed by atoms with Gasteiger partial charge in [0.05, 0.1) is 17.0 Å². The Morgan fingerprint density at radius 3 is 2.69 bits per heavy atom. The van der Waals surface area contributed by atoms with Crippen molar-refractivity contribution in [1.29, 1.82) is 0 Å². The second kappa shape index (κ2) is 9.17. The van der Waals surface area contributed by atoms with Gasteiger partial charge >= 0.3 is 0 Å². The number of nitrogens with one attached hydrogen (secondary N) is 2. The zero-order valence-electron chi connectivity index (χ0n) is 15.2. The average molecular weight is 437 g/mol. The van der Waals surface area contributed by atoms with E-state index >= 15 is 0 Å². The van der Waals surface area contributed by atoms with E-state index in [0.29, 0.717) is 11.3 Å². The molecular weight excluding hydrogens is 419 g/mol. The Bertz CT molecular complexity index is 1100. The number of carbonyl (C=O) groups is 1. The SMILES string of the molecule is O=C(CCNS(=O)(=O)c1ccccc1Cl)NCc1ccc(-n2ccnc2)c(F)c1. The molecule has 0 fully saturated rings. The van der Waals surface area contributed by atoms with E-state index in [-0.39, 0.29) is 35.3 Å². The standard InChI is InChI=1S/C19H18ClFN4O3S/c20-15-3-1-2-4-18(15)29(27,28)24-8-7-19(26)23-12-14-5-6-17(16(21)11-14)25-10-9-22-13-25/h1-6,9-11,13,24H,7-8,12H2,(H,23,26). The number of nitrogens with zero attached hydrogens (tertiary/aromatic N) is 2. The number of hydrogen-bond acceptors (Lipinski definition) is 4. The summed E-state index contributed by atoms with van der Waals surface area (Å²) in [4.78, 5) is 15.8. The van der Waals surface area contributed by atoms with Gasteiger partial charge in [-0.05, 0) is 29.8 Å². The molecule has 1 amide bonds. The summed E-state index contributed by atoms with van der Waals surface area (Å²) in [5.41, 5.74) is 0.933. The molecule has 0 spiro atoms. The van der Waals surface area contributed by atoms with Gasteiger partial charge in [-0.25, -0.2) is 22.5 Å². The Hall–Kier alpha value is -2.75. The Labute approximate surface area is 172 Å². The molecule has 0 radical (unpaired) electrons. The minimum absolute atomic E-state index is 0.0458. The molecule has 3 aromatic rings. The van der Waals surface area contributed by atoms with Crippen molar-refractivity contribution >= 4 is 27.5 Å². The Morgan fingerprint density at radius 2 is 2.00 bits per heavy atom. The summed E-state index contributed by atoms with van der Waals surface area (Å²) < 4.78 is 42.5. The highest BCUT2D eigenvalue weighted by Gasteiger charge is 2.17. The number of halogens is 2. The van der Waals surface area contributed by atoms with Gasteiger partial charge in [-0.2, -0.15) is 0 Å². The third-order valence-corrected chi connectivity index (χ3v) is 6.02. The molecular formula is C19H18ClFN4O3S. The maximum atomic E-state index is 14.2. The number of aromatic nitrogens is 2. The molecule has 0 bridgehead atoms. The fourth-order valence-corrected chi connectivity index (χ4v) is 4.15. The highest BCUT2D eigenvalue weighted by atomic mass is 35.5. The summed E-state index contributed by atoms with van der Waals surface area (Å²) in [6.45, 7) is 0.0323. The number of amides is 1. The van der Waals surface area contributed by atoms with Crippen molar-refractivity contribution in [3.63, 3.8) is 0 Å². The van der Waals surface area contributed by atoms with E-state index in [1.54, 1.807) is 41.2 Å². The van der Waals surface area contributed by atoms with Crippen LogP contribution in [-0.2, 0) is 21.4 Å². The molecule has 0 aliphatic rings. The van der Waals surface area contributed by atoms with Crippen molar-refractivity contribution in [1.82, 2.24) is 19.6 Å². The molecule has 0 atom stereocenters.